The molecule has 0 aromatic heterocycles. The topological polar surface area (TPSA) is 207 Å². The van der Waals surface area contributed by atoms with Crippen LogP contribution in [0.15, 0.2) is 4.99 Å². The standard InChI is InChI=1S/C10H18O5.C9H17NO4.C4H9NO2/c1-9(2,3)14-7(11)13-8(12)15-10(4,5)6;1-9(2,3)14-8(13)10-6-4-5-7(11)12;5-3-1-2-4(6)7/h1-6H3;4-6H2,1-3H3,(H,10,13)(H,11,12);1-3,5H2,(H,6,7)/p-1. The Hall–Kier alpha value is -3.09. The number of hydrogen-bond acceptors (Lipinski definition) is 11. The smallest absolute Gasteiger partial charge is 0.519 e. The summed E-state index contributed by atoms with van der Waals surface area (Å²) >= 11 is 0. The summed E-state index contributed by atoms with van der Waals surface area (Å²) in [6, 6.07) is 0. The van der Waals surface area contributed by atoms with Crippen LogP contribution in [0.1, 0.15) is 88.0 Å². The molecule has 13 heteroatoms. The molecule has 0 saturated heterocycles. The Balaban J connectivity index is -0.000000483. The summed E-state index contributed by atoms with van der Waals surface area (Å²) < 4.78 is 18.7. The van der Waals surface area contributed by atoms with E-state index in [1.807, 2.05) is 0 Å². The van der Waals surface area contributed by atoms with E-state index >= 15 is 0 Å². The summed E-state index contributed by atoms with van der Waals surface area (Å²) in [5.41, 5.74) is 3.07. The van der Waals surface area contributed by atoms with Crippen molar-refractivity contribution in [3.8, 4) is 0 Å². The van der Waals surface area contributed by atoms with E-state index in [2.05, 4.69) is 9.73 Å². The number of aliphatic imine (C=N–C) groups is 1. The Morgan fingerprint density at radius 1 is 0.722 bits per heavy atom. The summed E-state index contributed by atoms with van der Waals surface area (Å²) in [7, 11) is 0. The first-order valence-corrected chi connectivity index (χ1v) is 11.3. The molecule has 0 aromatic carbocycles. The van der Waals surface area contributed by atoms with Gasteiger partial charge in [0.05, 0.1) is 0 Å². The Morgan fingerprint density at radius 2 is 1.08 bits per heavy atom. The Bertz CT molecular complexity index is 674. The van der Waals surface area contributed by atoms with Crippen molar-refractivity contribution in [3.05, 3.63) is 0 Å². The van der Waals surface area contributed by atoms with E-state index in [-0.39, 0.29) is 19.4 Å². The van der Waals surface area contributed by atoms with Crippen LogP contribution in [0.4, 0.5) is 9.59 Å². The van der Waals surface area contributed by atoms with Crippen LogP contribution in [-0.2, 0) is 28.5 Å². The zero-order chi connectivity index (χ0) is 29.2. The predicted molar refractivity (Wildman–Crippen MR) is 129 cm³/mol. The van der Waals surface area contributed by atoms with Gasteiger partial charge in [-0.3, -0.25) is 14.6 Å². The number of carboxylic acid groups (broad SMARTS) is 2. The van der Waals surface area contributed by atoms with Gasteiger partial charge >= 0.3 is 24.2 Å². The first-order valence-electron chi connectivity index (χ1n) is 11.3. The molecule has 0 unspecified atom stereocenters. The molecule has 0 heterocycles. The quantitative estimate of drug-likeness (QED) is 0.145. The van der Waals surface area contributed by atoms with Crippen molar-refractivity contribution in [1.29, 1.82) is 0 Å². The maximum absolute atomic E-state index is 11.0. The van der Waals surface area contributed by atoms with Gasteiger partial charge in [0.1, 0.15) is 17.3 Å². The van der Waals surface area contributed by atoms with Crippen molar-refractivity contribution in [1.82, 2.24) is 0 Å². The zero-order valence-electron chi connectivity index (χ0n) is 22.8. The van der Waals surface area contributed by atoms with Crippen LogP contribution in [0.3, 0.4) is 0 Å². The van der Waals surface area contributed by atoms with Crippen molar-refractivity contribution < 1.29 is 53.4 Å². The van der Waals surface area contributed by atoms with Crippen LogP contribution in [0.2, 0.25) is 0 Å². The number of nitrogens with two attached hydrogens (primary N) is 1. The van der Waals surface area contributed by atoms with Crippen molar-refractivity contribution in [2.45, 2.75) is 105 Å². The first-order chi connectivity index (χ1) is 16.1. The number of rotatable bonds is 7. The van der Waals surface area contributed by atoms with Crippen LogP contribution in [0.25, 0.3) is 0 Å². The third-order valence-corrected chi connectivity index (χ3v) is 2.72. The number of aliphatic carboxylic acids is 2. The lowest BCUT2D eigenvalue weighted by atomic mass is 10.2. The van der Waals surface area contributed by atoms with E-state index in [0.29, 0.717) is 19.4 Å². The van der Waals surface area contributed by atoms with Gasteiger partial charge in [0.2, 0.25) is 0 Å². The summed E-state index contributed by atoms with van der Waals surface area (Å²) in [6.07, 6.45) is -1.61. The number of carbonyl (C=O) groups excluding carboxylic acids is 2. The Morgan fingerprint density at radius 3 is 1.36 bits per heavy atom. The Kier molecular flexibility index (Phi) is 19.0. The highest BCUT2D eigenvalue weighted by atomic mass is 16.8. The van der Waals surface area contributed by atoms with Gasteiger partial charge in [-0.15, -0.1) is 0 Å². The average Bonchev–Trinajstić information content (AvgIpc) is 2.59. The fourth-order valence-corrected chi connectivity index (χ4v) is 1.56. The van der Waals surface area contributed by atoms with E-state index < -0.39 is 47.1 Å². The van der Waals surface area contributed by atoms with Gasteiger partial charge in [0, 0.05) is 25.0 Å². The lowest BCUT2D eigenvalue weighted by Gasteiger charge is -2.29. The van der Waals surface area contributed by atoms with Gasteiger partial charge < -0.3 is 40.0 Å². The molecule has 0 aliphatic rings. The molecule has 0 aliphatic carbocycles. The molecule has 0 rings (SSSR count). The number of nitrogens with zero attached hydrogens (tertiary/aromatic N) is 1. The molecule has 0 aromatic rings. The maximum Gasteiger partial charge on any atom is 0.519 e. The fourth-order valence-electron chi connectivity index (χ4n) is 1.56. The molecule has 212 valence electrons. The van der Waals surface area contributed by atoms with Crippen LogP contribution >= 0.6 is 0 Å². The monoisotopic (exact) mass is 523 g/mol. The molecule has 0 radical (unpaired) electrons. The van der Waals surface area contributed by atoms with Crippen LogP contribution in [0, 0.1) is 0 Å². The summed E-state index contributed by atoms with van der Waals surface area (Å²) in [5.74, 6) is -1.66. The van der Waals surface area contributed by atoms with E-state index in [1.165, 1.54) is 0 Å². The lowest BCUT2D eigenvalue weighted by Crippen LogP contribution is -2.32. The predicted octanol–water partition coefficient (Wildman–Crippen LogP) is 3.07. The second kappa shape index (κ2) is 18.2. The summed E-state index contributed by atoms with van der Waals surface area (Å²) in [4.78, 5) is 45.4. The van der Waals surface area contributed by atoms with Gasteiger partial charge in [0.25, 0.3) is 0 Å². The van der Waals surface area contributed by atoms with Gasteiger partial charge in [-0.2, -0.15) is 0 Å². The van der Waals surface area contributed by atoms with Crippen LogP contribution in [-0.4, -0.2) is 70.4 Å². The zero-order valence-corrected chi connectivity index (χ0v) is 22.8. The van der Waals surface area contributed by atoms with E-state index in [1.54, 1.807) is 62.3 Å². The molecule has 0 saturated carbocycles. The number of carbonyl (C=O) groups is 4. The molecule has 0 atom stereocenters. The number of hydrogen-bond donors (Lipinski definition) is 3. The van der Waals surface area contributed by atoms with Crippen LogP contribution in [0.5, 0.6) is 0 Å². The van der Waals surface area contributed by atoms with E-state index in [4.69, 9.17) is 30.2 Å². The highest BCUT2D eigenvalue weighted by Crippen LogP contribution is 2.11. The molecule has 0 aliphatic heterocycles. The molecule has 4 N–H and O–H groups in total. The largest absolute Gasteiger partial charge is 0.595 e. The second-order valence-electron chi connectivity index (χ2n) is 10.2. The first kappa shape index (κ1) is 37.5. The van der Waals surface area contributed by atoms with Crippen molar-refractivity contribution in [2.24, 2.45) is 10.7 Å². The number of carboxylic acids is 2. The minimum atomic E-state index is -1.06. The van der Waals surface area contributed by atoms with E-state index in [9.17, 15) is 24.3 Å². The summed E-state index contributed by atoms with van der Waals surface area (Å²) in [6.45, 7) is 15.9. The second-order valence-corrected chi connectivity index (χ2v) is 10.2. The number of ether oxygens (including phenoxy) is 4. The van der Waals surface area contributed by atoms with Crippen molar-refractivity contribution in [2.75, 3.05) is 13.1 Å². The Labute approximate surface area is 212 Å². The average molecular weight is 524 g/mol. The van der Waals surface area contributed by atoms with Crippen LogP contribution < -0.4 is 10.8 Å². The minimum absolute atomic E-state index is 0.0201. The maximum atomic E-state index is 11.0. The molecular formula is C23H43N2O11-. The van der Waals surface area contributed by atoms with Gasteiger partial charge in [-0.05, 0) is 60.9 Å². The highest BCUT2D eigenvalue weighted by Gasteiger charge is 2.24. The molecule has 0 spiro atoms. The SMILES string of the molecule is CC(C)(C)OC(=O)OC(=O)OC(C)(C)C.CC(C)(C)OC([O-])=NCCCC(=O)O.NCCCC(=O)O. The highest BCUT2D eigenvalue weighted by molar-refractivity contribution is 5.77. The van der Waals surface area contributed by atoms with Crippen molar-refractivity contribution in [3.63, 3.8) is 0 Å². The fraction of sp³-hybridized carbons (Fsp3) is 0.783. The van der Waals surface area contributed by atoms with Gasteiger partial charge in [-0.25, -0.2) is 9.59 Å². The molecule has 13 nitrogen and oxygen atoms in total. The van der Waals surface area contributed by atoms with Gasteiger partial charge in [-0.1, -0.05) is 20.8 Å². The molecule has 36 heavy (non-hydrogen) atoms. The third-order valence-electron chi connectivity index (χ3n) is 2.72. The van der Waals surface area contributed by atoms with Crippen molar-refractivity contribution >= 4 is 30.3 Å². The molecule has 0 bridgehead atoms. The van der Waals surface area contributed by atoms with Gasteiger partial charge in [0.15, 0.2) is 0 Å². The lowest BCUT2D eigenvalue weighted by molar-refractivity contribution is -0.260. The van der Waals surface area contributed by atoms with E-state index in [0.717, 1.165) is 0 Å². The molecule has 0 amide bonds. The molecular weight excluding hydrogens is 480 g/mol. The summed E-state index contributed by atoms with van der Waals surface area (Å²) in [5, 5.41) is 27.3. The normalized spacial score (nSPS) is 11.6. The molecule has 0 fully saturated rings. The third kappa shape index (κ3) is 38.2. The minimum Gasteiger partial charge on any atom is -0.595 e.